The summed E-state index contributed by atoms with van der Waals surface area (Å²) in [6.07, 6.45) is 3.23. The normalized spacial score (nSPS) is 22.6. The van der Waals surface area contributed by atoms with Crippen molar-refractivity contribution in [2.24, 2.45) is 10.9 Å². The minimum atomic E-state index is -0.242. The van der Waals surface area contributed by atoms with Crippen LogP contribution in [0.4, 0.5) is 4.39 Å². The molecule has 0 spiro atoms. The van der Waals surface area contributed by atoms with E-state index in [2.05, 4.69) is 22.5 Å². The van der Waals surface area contributed by atoms with E-state index >= 15 is 0 Å². The molecule has 2 unspecified atom stereocenters. The van der Waals surface area contributed by atoms with Crippen molar-refractivity contribution in [3.8, 4) is 0 Å². The average molecular weight is 407 g/mol. The lowest BCUT2D eigenvalue weighted by Gasteiger charge is -2.34. The first-order valence-electron chi connectivity index (χ1n) is 10.8. The highest BCUT2D eigenvalue weighted by Crippen LogP contribution is 2.19. The van der Waals surface area contributed by atoms with Gasteiger partial charge < -0.3 is 25.0 Å². The second kappa shape index (κ2) is 11.5. The van der Waals surface area contributed by atoms with Gasteiger partial charge in [-0.15, -0.1) is 0 Å². The van der Waals surface area contributed by atoms with Crippen LogP contribution in [0.3, 0.4) is 0 Å². The fourth-order valence-corrected chi connectivity index (χ4v) is 4.03. The number of guanidine groups is 1. The predicted octanol–water partition coefficient (Wildman–Crippen LogP) is 2.57. The third-order valence-corrected chi connectivity index (χ3v) is 5.75. The van der Waals surface area contributed by atoms with Crippen molar-refractivity contribution in [1.29, 1.82) is 0 Å². The first-order chi connectivity index (χ1) is 14.2. The molecular weight excluding hydrogens is 371 g/mol. The molecule has 0 amide bonds. The number of ether oxygens (including phenoxy) is 2. The molecule has 7 heteroatoms. The highest BCUT2D eigenvalue weighted by atomic mass is 19.1. The van der Waals surface area contributed by atoms with Gasteiger partial charge in [0, 0.05) is 45.9 Å². The van der Waals surface area contributed by atoms with Gasteiger partial charge in [0.05, 0.1) is 13.2 Å². The molecule has 2 aliphatic heterocycles. The summed E-state index contributed by atoms with van der Waals surface area (Å²) in [5.41, 5.74) is 0.928. The first kappa shape index (κ1) is 22.0. The van der Waals surface area contributed by atoms with Gasteiger partial charge in [0.1, 0.15) is 11.9 Å². The van der Waals surface area contributed by atoms with Crippen LogP contribution in [0.1, 0.15) is 37.9 Å². The van der Waals surface area contributed by atoms with Crippen LogP contribution in [0, 0.1) is 11.7 Å². The molecule has 1 aromatic rings. The van der Waals surface area contributed by atoms with E-state index in [1.54, 1.807) is 19.2 Å². The van der Waals surface area contributed by atoms with E-state index in [4.69, 9.17) is 14.5 Å². The van der Waals surface area contributed by atoms with E-state index in [9.17, 15) is 4.39 Å². The molecule has 2 heterocycles. The summed E-state index contributed by atoms with van der Waals surface area (Å²) in [6.45, 7) is 8.59. The van der Waals surface area contributed by atoms with E-state index in [-0.39, 0.29) is 11.9 Å². The number of hydrogen-bond acceptors (Lipinski definition) is 4. The Bertz CT molecular complexity index is 626. The molecule has 0 radical (unpaired) electrons. The number of hydrogen-bond donors (Lipinski definition) is 2. The smallest absolute Gasteiger partial charge is 0.191 e. The molecule has 3 rings (SSSR count). The van der Waals surface area contributed by atoms with Crippen LogP contribution in [-0.2, 0) is 9.47 Å². The maximum Gasteiger partial charge on any atom is 0.191 e. The van der Waals surface area contributed by atoms with Gasteiger partial charge in [0.15, 0.2) is 5.96 Å². The molecule has 2 saturated heterocycles. The van der Waals surface area contributed by atoms with Crippen LogP contribution in [0.25, 0.3) is 0 Å². The third-order valence-electron chi connectivity index (χ3n) is 5.75. The largest absolute Gasteiger partial charge is 0.381 e. The number of nitrogens with zero attached hydrogens (tertiary/aromatic N) is 2. The first-order valence-corrected chi connectivity index (χ1v) is 10.8. The standard InChI is InChI=1S/C22H35FN4O2/c1-3-24-22(25-14-21(28-2)18-4-6-19(23)7-5-18)26-20-8-11-27(12-9-20)15-17-10-13-29-16-17/h4-7,17,20-21H,3,8-16H2,1-2H3,(H2,24,25,26). The van der Waals surface area contributed by atoms with Crippen LogP contribution in [0.2, 0.25) is 0 Å². The van der Waals surface area contributed by atoms with Crippen molar-refractivity contribution >= 4 is 5.96 Å². The highest BCUT2D eigenvalue weighted by molar-refractivity contribution is 5.80. The third kappa shape index (κ3) is 6.94. The highest BCUT2D eigenvalue weighted by Gasteiger charge is 2.24. The molecule has 2 atom stereocenters. The fourth-order valence-electron chi connectivity index (χ4n) is 4.03. The topological polar surface area (TPSA) is 58.1 Å². The molecule has 162 valence electrons. The number of methoxy groups -OCH3 is 1. The lowest BCUT2D eigenvalue weighted by atomic mass is 10.0. The van der Waals surface area contributed by atoms with Gasteiger partial charge in [-0.2, -0.15) is 0 Å². The van der Waals surface area contributed by atoms with Gasteiger partial charge in [0.25, 0.3) is 0 Å². The Hall–Kier alpha value is -1.70. The molecule has 6 nitrogen and oxygen atoms in total. The van der Waals surface area contributed by atoms with Crippen LogP contribution in [0.15, 0.2) is 29.3 Å². The summed E-state index contributed by atoms with van der Waals surface area (Å²) in [5.74, 6) is 1.28. The molecule has 0 bridgehead atoms. The lowest BCUT2D eigenvalue weighted by molar-refractivity contribution is 0.110. The zero-order valence-electron chi connectivity index (χ0n) is 17.7. The van der Waals surface area contributed by atoms with Crippen LogP contribution >= 0.6 is 0 Å². The molecule has 0 saturated carbocycles. The van der Waals surface area contributed by atoms with Crippen LogP contribution in [0.5, 0.6) is 0 Å². The monoisotopic (exact) mass is 406 g/mol. The van der Waals surface area contributed by atoms with E-state index < -0.39 is 0 Å². The van der Waals surface area contributed by atoms with Gasteiger partial charge in [-0.05, 0) is 49.8 Å². The molecule has 29 heavy (non-hydrogen) atoms. The van der Waals surface area contributed by atoms with Gasteiger partial charge >= 0.3 is 0 Å². The number of piperidine rings is 1. The lowest BCUT2D eigenvalue weighted by Crippen LogP contribution is -2.49. The fraction of sp³-hybridized carbons (Fsp3) is 0.682. The summed E-state index contributed by atoms with van der Waals surface area (Å²) in [7, 11) is 1.66. The molecule has 0 aromatic heterocycles. The van der Waals surface area contributed by atoms with Gasteiger partial charge in [-0.3, -0.25) is 4.99 Å². The maximum atomic E-state index is 13.2. The second-order valence-electron chi connectivity index (χ2n) is 7.94. The number of halogens is 1. The Kier molecular flexibility index (Phi) is 8.70. The van der Waals surface area contributed by atoms with Crippen molar-refractivity contribution in [3.05, 3.63) is 35.6 Å². The summed E-state index contributed by atoms with van der Waals surface area (Å²) < 4.78 is 24.2. The number of rotatable bonds is 8. The predicted molar refractivity (Wildman–Crippen MR) is 114 cm³/mol. The Morgan fingerprint density at radius 3 is 2.66 bits per heavy atom. The van der Waals surface area contributed by atoms with Crippen LogP contribution in [-0.4, -0.2) is 69.9 Å². The van der Waals surface area contributed by atoms with Crippen molar-refractivity contribution in [2.75, 3.05) is 53.0 Å². The SMILES string of the molecule is CCNC(=NCC(OC)c1ccc(F)cc1)NC1CCN(CC2CCOC2)CC1. The number of aliphatic imine (C=N–C) groups is 1. The van der Waals surface area contributed by atoms with Crippen molar-refractivity contribution in [1.82, 2.24) is 15.5 Å². The van der Waals surface area contributed by atoms with E-state index in [0.717, 1.165) is 63.8 Å². The quantitative estimate of drug-likeness (QED) is 0.513. The second-order valence-corrected chi connectivity index (χ2v) is 7.94. The van der Waals surface area contributed by atoms with Crippen molar-refractivity contribution in [3.63, 3.8) is 0 Å². The Balaban J connectivity index is 1.49. The zero-order valence-corrected chi connectivity index (χ0v) is 17.7. The minimum absolute atomic E-state index is 0.193. The summed E-state index contributed by atoms with van der Waals surface area (Å²) in [5, 5.41) is 6.92. The average Bonchev–Trinajstić information content (AvgIpc) is 3.24. The van der Waals surface area contributed by atoms with Crippen molar-refractivity contribution < 1.29 is 13.9 Å². The molecule has 1 aromatic carbocycles. The van der Waals surface area contributed by atoms with Crippen LogP contribution < -0.4 is 10.6 Å². The number of nitrogens with one attached hydrogen (secondary N) is 2. The maximum absolute atomic E-state index is 13.2. The van der Waals surface area contributed by atoms with E-state index in [0.29, 0.717) is 18.5 Å². The summed E-state index contributed by atoms with van der Waals surface area (Å²) in [4.78, 5) is 7.29. The summed E-state index contributed by atoms with van der Waals surface area (Å²) in [6, 6.07) is 6.85. The van der Waals surface area contributed by atoms with E-state index in [1.165, 1.54) is 18.6 Å². The van der Waals surface area contributed by atoms with Gasteiger partial charge in [-0.1, -0.05) is 12.1 Å². The number of benzene rings is 1. The Morgan fingerprint density at radius 2 is 2.03 bits per heavy atom. The van der Waals surface area contributed by atoms with Crippen molar-refractivity contribution in [2.45, 2.75) is 38.3 Å². The summed E-state index contributed by atoms with van der Waals surface area (Å²) >= 11 is 0. The molecule has 2 N–H and O–H groups in total. The molecule has 2 aliphatic rings. The Labute approximate surface area is 173 Å². The van der Waals surface area contributed by atoms with Gasteiger partial charge in [-0.25, -0.2) is 4.39 Å². The molecule has 2 fully saturated rings. The van der Waals surface area contributed by atoms with Gasteiger partial charge in [0.2, 0.25) is 0 Å². The number of likely N-dealkylation sites (tertiary alicyclic amines) is 1. The zero-order chi connectivity index (χ0) is 20.5. The Morgan fingerprint density at radius 1 is 1.28 bits per heavy atom. The molecular formula is C22H35FN4O2. The minimum Gasteiger partial charge on any atom is -0.381 e. The molecule has 0 aliphatic carbocycles. The van der Waals surface area contributed by atoms with E-state index in [1.807, 2.05) is 0 Å².